The van der Waals surface area contributed by atoms with Gasteiger partial charge in [-0.2, -0.15) is 9.61 Å². The van der Waals surface area contributed by atoms with Crippen LogP contribution in [-0.2, 0) is 5.41 Å². The quantitative estimate of drug-likeness (QED) is 0.882. The Morgan fingerprint density at radius 3 is 2.62 bits per heavy atom. The van der Waals surface area contributed by atoms with E-state index in [1.807, 2.05) is 4.52 Å². The van der Waals surface area contributed by atoms with Gasteiger partial charge in [-0.3, -0.25) is 0 Å². The van der Waals surface area contributed by atoms with Crippen molar-refractivity contribution >= 4 is 16.3 Å². The van der Waals surface area contributed by atoms with Crippen LogP contribution in [0.5, 0.6) is 0 Å². The van der Waals surface area contributed by atoms with Crippen LogP contribution in [-0.4, -0.2) is 26.4 Å². The molecule has 2 N–H and O–H groups in total. The number of aromatic nitrogens is 4. The summed E-state index contributed by atoms with van der Waals surface area (Å²) in [5.74, 6) is 1.23. The van der Waals surface area contributed by atoms with E-state index in [9.17, 15) is 0 Å². The van der Waals surface area contributed by atoms with Crippen molar-refractivity contribution in [3.8, 4) is 0 Å². The highest BCUT2D eigenvalue weighted by atomic mass is 32.1. The molecule has 0 aliphatic heterocycles. The van der Waals surface area contributed by atoms with Crippen molar-refractivity contribution in [2.75, 3.05) is 6.54 Å². The van der Waals surface area contributed by atoms with Gasteiger partial charge in [-0.1, -0.05) is 39.0 Å². The van der Waals surface area contributed by atoms with Gasteiger partial charge in [0, 0.05) is 17.9 Å². The van der Waals surface area contributed by atoms with Crippen molar-refractivity contribution in [2.24, 2.45) is 5.73 Å². The molecule has 6 heteroatoms. The second-order valence-corrected chi connectivity index (χ2v) is 5.86. The molecule has 0 aliphatic rings. The van der Waals surface area contributed by atoms with Crippen LogP contribution >= 0.6 is 11.3 Å². The third kappa shape index (κ3) is 1.72. The monoisotopic (exact) mass is 239 g/mol. The first-order valence-electron chi connectivity index (χ1n) is 5.38. The Hall–Kier alpha value is -1.01. The normalized spacial score (nSPS) is 12.9. The van der Waals surface area contributed by atoms with Gasteiger partial charge in [0.2, 0.25) is 4.96 Å². The van der Waals surface area contributed by atoms with Gasteiger partial charge in [0.05, 0.1) is 0 Å². The standard InChI is InChI=1S/C10H17N5S/c1-6(2)7-12-13-9-15(7)14-8(16-9)10(3,4)5-11/h6H,5,11H2,1-4H3. The molecule has 0 atom stereocenters. The molecule has 2 rings (SSSR count). The third-order valence-electron chi connectivity index (χ3n) is 2.62. The van der Waals surface area contributed by atoms with Gasteiger partial charge in [0.1, 0.15) is 5.01 Å². The minimum absolute atomic E-state index is 0.0976. The lowest BCUT2D eigenvalue weighted by atomic mass is 9.95. The van der Waals surface area contributed by atoms with Gasteiger partial charge in [0.25, 0.3) is 0 Å². The van der Waals surface area contributed by atoms with Crippen LogP contribution in [0.15, 0.2) is 0 Å². The first kappa shape index (κ1) is 11.5. The second kappa shape index (κ2) is 3.78. The maximum absolute atomic E-state index is 5.75. The van der Waals surface area contributed by atoms with Crippen LogP contribution in [0.1, 0.15) is 44.4 Å². The highest BCUT2D eigenvalue weighted by molar-refractivity contribution is 7.16. The Balaban J connectivity index is 2.53. The van der Waals surface area contributed by atoms with Crippen LogP contribution < -0.4 is 5.73 Å². The average Bonchev–Trinajstić information content (AvgIpc) is 2.75. The maximum atomic E-state index is 5.75. The molecule has 2 aromatic rings. The minimum atomic E-state index is -0.0976. The van der Waals surface area contributed by atoms with Crippen LogP contribution in [0.3, 0.4) is 0 Å². The molecule has 0 aliphatic carbocycles. The lowest BCUT2D eigenvalue weighted by Crippen LogP contribution is -2.28. The summed E-state index contributed by atoms with van der Waals surface area (Å²) in [6.07, 6.45) is 0. The van der Waals surface area contributed by atoms with Gasteiger partial charge < -0.3 is 5.73 Å². The summed E-state index contributed by atoms with van der Waals surface area (Å²) in [4.78, 5) is 0.847. The molecule has 16 heavy (non-hydrogen) atoms. The highest BCUT2D eigenvalue weighted by Gasteiger charge is 2.25. The second-order valence-electron chi connectivity index (χ2n) is 4.90. The molecule has 0 radical (unpaired) electrons. The number of nitrogens with two attached hydrogens (primary N) is 1. The molecule has 2 heterocycles. The summed E-state index contributed by atoms with van der Waals surface area (Å²) in [5.41, 5.74) is 5.65. The Morgan fingerprint density at radius 1 is 1.38 bits per heavy atom. The Bertz CT molecular complexity index is 496. The maximum Gasteiger partial charge on any atom is 0.234 e. The molecule has 0 saturated carbocycles. The molecule has 2 aromatic heterocycles. The van der Waals surface area contributed by atoms with Gasteiger partial charge in [-0.15, -0.1) is 10.2 Å². The number of hydrogen-bond acceptors (Lipinski definition) is 5. The van der Waals surface area contributed by atoms with Crippen molar-refractivity contribution < 1.29 is 0 Å². The summed E-state index contributed by atoms with van der Waals surface area (Å²) in [7, 11) is 0. The van der Waals surface area contributed by atoms with Crippen molar-refractivity contribution in [1.82, 2.24) is 19.8 Å². The van der Waals surface area contributed by atoms with Crippen LogP contribution in [0.25, 0.3) is 4.96 Å². The van der Waals surface area contributed by atoms with Gasteiger partial charge in [-0.25, -0.2) is 0 Å². The van der Waals surface area contributed by atoms with Crippen LogP contribution in [0.2, 0.25) is 0 Å². The van der Waals surface area contributed by atoms with Crippen molar-refractivity contribution in [2.45, 2.75) is 39.0 Å². The lowest BCUT2D eigenvalue weighted by Gasteiger charge is -2.17. The van der Waals surface area contributed by atoms with Crippen LogP contribution in [0, 0.1) is 0 Å². The van der Waals surface area contributed by atoms with E-state index in [4.69, 9.17) is 5.73 Å². The van der Waals surface area contributed by atoms with Gasteiger partial charge in [0.15, 0.2) is 5.82 Å². The summed E-state index contributed by atoms with van der Waals surface area (Å²) >= 11 is 1.57. The fourth-order valence-electron chi connectivity index (χ4n) is 1.35. The highest BCUT2D eigenvalue weighted by Crippen LogP contribution is 2.27. The van der Waals surface area contributed by atoms with E-state index in [-0.39, 0.29) is 5.41 Å². The molecule has 0 unspecified atom stereocenters. The smallest absolute Gasteiger partial charge is 0.234 e. The van der Waals surface area contributed by atoms with Crippen LogP contribution in [0.4, 0.5) is 0 Å². The van der Waals surface area contributed by atoms with E-state index in [1.165, 1.54) is 0 Å². The SMILES string of the molecule is CC(C)c1nnc2sc(C(C)(C)CN)nn12. The third-order valence-corrected chi connectivity index (χ3v) is 3.89. The van der Waals surface area contributed by atoms with Crippen molar-refractivity contribution in [3.63, 3.8) is 0 Å². The van der Waals surface area contributed by atoms with E-state index in [0.29, 0.717) is 12.5 Å². The largest absolute Gasteiger partial charge is 0.330 e. The molecule has 5 nitrogen and oxygen atoms in total. The molecule has 0 aromatic carbocycles. The first-order valence-corrected chi connectivity index (χ1v) is 6.20. The number of nitrogens with zero attached hydrogens (tertiary/aromatic N) is 4. The summed E-state index contributed by atoms with van der Waals surface area (Å²) in [5, 5.41) is 13.9. The predicted octanol–water partition coefficient (Wildman–Crippen LogP) is 1.55. The van der Waals surface area contributed by atoms with E-state index >= 15 is 0 Å². The molecule has 0 amide bonds. The molecule has 88 valence electrons. The number of hydrogen-bond donors (Lipinski definition) is 1. The molecule has 0 saturated heterocycles. The predicted molar refractivity (Wildman–Crippen MR) is 64.8 cm³/mol. The zero-order valence-corrected chi connectivity index (χ0v) is 10.9. The average molecular weight is 239 g/mol. The zero-order valence-electron chi connectivity index (χ0n) is 10.1. The summed E-state index contributed by atoms with van der Waals surface area (Å²) < 4.78 is 1.84. The molecular weight excluding hydrogens is 222 g/mol. The van der Waals surface area contributed by atoms with Crippen molar-refractivity contribution in [3.05, 3.63) is 10.8 Å². The van der Waals surface area contributed by atoms with Crippen molar-refractivity contribution in [1.29, 1.82) is 0 Å². The Kier molecular flexibility index (Phi) is 2.71. The van der Waals surface area contributed by atoms with Gasteiger partial charge >= 0.3 is 0 Å². The van der Waals surface area contributed by atoms with E-state index in [0.717, 1.165) is 15.8 Å². The molecular formula is C10H17N5S. The van der Waals surface area contributed by atoms with E-state index < -0.39 is 0 Å². The molecule has 0 bridgehead atoms. The summed E-state index contributed by atoms with van der Waals surface area (Å²) in [6.45, 7) is 8.93. The zero-order chi connectivity index (χ0) is 11.9. The Morgan fingerprint density at radius 2 is 2.06 bits per heavy atom. The Labute approximate surface area is 98.7 Å². The fraction of sp³-hybridized carbons (Fsp3) is 0.700. The van der Waals surface area contributed by atoms with E-state index in [2.05, 4.69) is 43.0 Å². The van der Waals surface area contributed by atoms with Gasteiger partial charge in [-0.05, 0) is 0 Å². The van der Waals surface area contributed by atoms with E-state index in [1.54, 1.807) is 11.3 Å². The first-order chi connectivity index (χ1) is 7.45. The summed E-state index contributed by atoms with van der Waals surface area (Å²) in [6, 6.07) is 0. The fourth-order valence-corrected chi connectivity index (χ4v) is 2.31. The molecule has 0 spiro atoms. The molecule has 0 fully saturated rings. The number of rotatable bonds is 3. The lowest BCUT2D eigenvalue weighted by molar-refractivity contribution is 0.524. The minimum Gasteiger partial charge on any atom is -0.330 e. The number of fused-ring (bicyclic) bond motifs is 1. The topological polar surface area (TPSA) is 69.1 Å².